The first-order valence-corrected chi connectivity index (χ1v) is 6.67. The van der Waals surface area contributed by atoms with Gasteiger partial charge in [-0.15, -0.1) is 0 Å². The van der Waals surface area contributed by atoms with E-state index in [4.69, 9.17) is 0 Å². The lowest BCUT2D eigenvalue weighted by Crippen LogP contribution is -2.14. The molecule has 0 fully saturated rings. The number of anilines is 3. The second-order valence-electron chi connectivity index (χ2n) is 4.48. The minimum Gasteiger partial charge on any atom is -0.340 e. The van der Waals surface area contributed by atoms with Crippen molar-refractivity contribution in [3.8, 4) is 0 Å². The van der Waals surface area contributed by atoms with Gasteiger partial charge in [0.1, 0.15) is 17.8 Å². The summed E-state index contributed by atoms with van der Waals surface area (Å²) >= 11 is 0. The summed E-state index contributed by atoms with van der Waals surface area (Å²) in [5.74, 6) is 0.240. The summed E-state index contributed by atoms with van der Waals surface area (Å²) in [4.78, 5) is 24.2. The highest BCUT2D eigenvalue weighted by Gasteiger charge is 2.09. The van der Waals surface area contributed by atoms with Gasteiger partial charge in [-0.05, 0) is 24.3 Å². The van der Waals surface area contributed by atoms with Gasteiger partial charge in [0.15, 0.2) is 0 Å². The smallest absolute Gasteiger partial charge is 0.274 e. The molecule has 0 saturated carbocycles. The summed E-state index contributed by atoms with van der Waals surface area (Å²) in [5, 5.41) is 5.85. The van der Waals surface area contributed by atoms with Crippen molar-refractivity contribution < 1.29 is 4.79 Å². The molecule has 0 saturated heterocycles. The van der Waals surface area contributed by atoms with Crippen LogP contribution in [0.25, 0.3) is 0 Å². The standard InChI is InChI=1S/C16H13N5O/c22-16(21-13-7-4-8-17-10-13)14-9-15(19-11-18-14)20-12-5-2-1-3-6-12/h1-11H,(H,21,22)(H,18,19,20). The first kappa shape index (κ1) is 13.7. The number of hydrogen-bond acceptors (Lipinski definition) is 5. The minimum absolute atomic E-state index is 0.275. The highest BCUT2D eigenvalue weighted by molar-refractivity contribution is 6.03. The summed E-state index contributed by atoms with van der Waals surface area (Å²) in [5.41, 5.74) is 1.78. The van der Waals surface area contributed by atoms with E-state index in [-0.39, 0.29) is 11.6 Å². The molecule has 6 nitrogen and oxygen atoms in total. The van der Waals surface area contributed by atoms with Gasteiger partial charge in [-0.3, -0.25) is 9.78 Å². The van der Waals surface area contributed by atoms with E-state index in [0.717, 1.165) is 5.69 Å². The van der Waals surface area contributed by atoms with Crippen molar-refractivity contribution in [3.63, 3.8) is 0 Å². The van der Waals surface area contributed by atoms with E-state index in [2.05, 4.69) is 25.6 Å². The Bertz CT molecular complexity index is 762. The highest BCUT2D eigenvalue weighted by atomic mass is 16.1. The lowest BCUT2D eigenvalue weighted by atomic mass is 10.3. The van der Waals surface area contributed by atoms with Gasteiger partial charge < -0.3 is 10.6 Å². The van der Waals surface area contributed by atoms with Crippen LogP contribution < -0.4 is 10.6 Å². The zero-order valence-corrected chi connectivity index (χ0v) is 11.6. The molecule has 0 aliphatic heterocycles. The van der Waals surface area contributed by atoms with Crippen LogP contribution >= 0.6 is 0 Å². The molecule has 0 bridgehead atoms. The van der Waals surface area contributed by atoms with Gasteiger partial charge in [-0.25, -0.2) is 9.97 Å². The zero-order chi connectivity index (χ0) is 15.2. The molecule has 0 radical (unpaired) electrons. The summed E-state index contributed by atoms with van der Waals surface area (Å²) < 4.78 is 0. The number of benzene rings is 1. The Balaban J connectivity index is 1.75. The predicted molar refractivity (Wildman–Crippen MR) is 83.9 cm³/mol. The number of para-hydroxylation sites is 1. The van der Waals surface area contributed by atoms with Gasteiger partial charge in [0.25, 0.3) is 5.91 Å². The van der Waals surface area contributed by atoms with Crippen molar-refractivity contribution in [2.45, 2.75) is 0 Å². The number of carbonyl (C=O) groups is 1. The van der Waals surface area contributed by atoms with Gasteiger partial charge in [0.05, 0.1) is 11.9 Å². The largest absolute Gasteiger partial charge is 0.340 e. The fourth-order valence-electron chi connectivity index (χ4n) is 1.85. The SMILES string of the molecule is O=C(Nc1cccnc1)c1cc(Nc2ccccc2)ncn1. The molecule has 1 amide bonds. The van der Waals surface area contributed by atoms with Crippen molar-refractivity contribution in [1.82, 2.24) is 15.0 Å². The third-order valence-electron chi connectivity index (χ3n) is 2.87. The van der Waals surface area contributed by atoms with Gasteiger partial charge in [0.2, 0.25) is 0 Å². The Labute approximate surface area is 127 Å². The molecular weight excluding hydrogens is 278 g/mol. The van der Waals surface area contributed by atoms with E-state index in [9.17, 15) is 4.79 Å². The molecule has 0 aliphatic rings. The number of pyridine rings is 1. The lowest BCUT2D eigenvalue weighted by molar-refractivity contribution is 0.102. The van der Waals surface area contributed by atoms with E-state index in [1.807, 2.05) is 30.3 Å². The van der Waals surface area contributed by atoms with Crippen LogP contribution in [-0.2, 0) is 0 Å². The maximum atomic E-state index is 12.2. The van der Waals surface area contributed by atoms with Crippen molar-refractivity contribution in [2.75, 3.05) is 10.6 Å². The maximum absolute atomic E-state index is 12.2. The van der Waals surface area contributed by atoms with Gasteiger partial charge in [-0.1, -0.05) is 18.2 Å². The quantitative estimate of drug-likeness (QED) is 0.772. The first-order valence-electron chi connectivity index (χ1n) is 6.67. The predicted octanol–water partition coefficient (Wildman–Crippen LogP) is 2.87. The normalized spacial score (nSPS) is 10.0. The third kappa shape index (κ3) is 3.43. The molecule has 2 N–H and O–H groups in total. The molecule has 2 heterocycles. The van der Waals surface area contributed by atoms with Crippen LogP contribution in [0, 0.1) is 0 Å². The summed E-state index contributed by atoms with van der Waals surface area (Å²) in [6, 6.07) is 14.7. The van der Waals surface area contributed by atoms with Crippen LogP contribution in [0.5, 0.6) is 0 Å². The topological polar surface area (TPSA) is 79.8 Å². The number of nitrogens with zero attached hydrogens (tertiary/aromatic N) is 3. The number of carbonyl (C=O) groups excluding carboxylic acids is 1. The second kappa shape index (κ2) is 6.45. The monoisotopic (exact) mass is 291 g/mol. The van der Waals surface area contributed by atoms with E-state index >= 15 is 0 Å². The van der Waals surface area contributed by atoms with Crippen LogP contribution in [0.1, 0.15) is 10.5 Å². The molecule has 3 aromatic rings. The number of nitrogens with one attached hydrogen (secondary N) is 2. The first-order chi connectivity index (χ1) is 10.8. The molecule has 6 heteroatoms. The van der Waals surface area contributed by atoms with Crippen molar-refractivity contribution in [2.24, 2.45) is 0 Å². The average Bonchev–Trinajstić information content (AvgIpc) is 2.57. The molecule has 2 aromatic heterocycles. The van der Waals surface area contributed by atoms with Crippen molar-refractivity contribution in [1.29, 1.82) is 0 Å². The van der Waals surface area contributed by atoms with Crippen LogP contribution in [0.3, 0.4) is 0 Å². The van der Waals surface area contributed by atoms with Gasteiger partial charge >= 0.3 is 0 Å². The molecule has 0 unspecified atom stereocenters. The number of rotatable bonds is 4. The maximum Gasteiger partial charge on any atom is 0.274 e. The Morgan fingerprint density at radius 2 is 1.77 bits per heavy atom. The Morgan fingerprint density at radius 3 is 2.55 bits per heavy atom. The zero-order valence-electron chi connectivity index (χ0n) is 11.6. The van der Waals surface area contributed by atoms with Crippen LogP contribution in [-0.4, -0.2) is 20.9 Å². The molecule has 3 rings (SSSR count). The number of amides is 1. The molecular formula is C16H13N5O. The van der Waals surface area contributed by atoms with Crippen LogP contribution in [0.4, 0.5) is 17.2 Å². The minimum atomic E-state index is -0.313. The van der Waals surface area contributed by atoms with E-state index in [0.29, 0.717) is 11.5 Å². The molecule has 0 atom stereocenters. The highest BCUT2D eigenvalue weighted by Crippen LogP contribution is 2.14. The average molecular weight is 291 g/mol. The van der Waals surface area contributed by atoms with Gasteiger partial charge in [-0.2, -0.15) is 0 Å². The Hall–Kier alpha value is -3.28. The Kier molecular flexibility index (Phi) is 4.01. The fourth-order valence-corrected chi connectivity index (χ4v) is 1.85. The van der Waals surface area contributed by atoms with Crippen molar-refractivity contribution >= 4 is 23.1 Å². The van der Waals surface area contributed by atoms with E-state index in [1.54, 1.807) is 30.6 Å². The molecule has 1 aromatic carbocycles. The molecule has 108 valence electrons. The molecule has 0 spiro atoms. The lowest BCUT2D eigenvalue weighted by Gasteiger charge is -2.07. The summed E-state index contributed by atoms with van der Waals surface area (Å²) in [6.07, 6.45) is 4.56. The second-order valence-corrected chi connectivity index (χ2v) is 4.48. The summed E-state index contributed by atoms with van der Waals surface area (Å²) in [6.45, 7) is 0. The molecule has 22 heavy (non-hydrogen) atoms. The van der Waals surface area contributed by atoms with E-state index in [1.165, 1.54) is 6.33 Å². The van der Waals surface area contributed by atoms with Crippen LogP contribution in [0.15, 0.2) is 67.3 Å². The fraction of sp³-hybridized carbons (Fsp3) is 0. The molecule has 0 aliphatic carbocycles. The third-order valence-corrected chi connectivity index (χ3v) is 2.87. The van der Waals surface area contributed by atoms with Crippen LogP contribution in [0.2, 0.25) is 0 Å². The number of aromatic nitrogens is 3. The van der Waals surface area contributed by atoms with E-state index < -0.39 is 0 Å². The summed E-state index contributed by atoms with van der Waals surface area (Å²) in [7, 11) is 0. The van der Waals surface area contributed by atoms with Crippen molar-refractivity contribution in [3.05, 3.63) is 72.9 Å². The number of hydrogen-bond donors (Lipinski definition) is 2. The van der Waals surface area contributed by atoms with Gasteiger partial charge in [0, 0.05) is 18.0 Å². The Morgan fingerprint density at radius 1 is 0.955 bits per heavy atom.